The standard InChI is InChI=1S/C22H37O2P/c1-7-8-9-10-11-12-13-25(24,16-17(2)3)22(23)21-19(5)14-18(4)15-20(21)6/h14-15,17H,7-13,16H2,1-6H3. The Kier molecular flexibility index (Phi) is 9.14. The summed E-state index contributed by atoms with van der Waals surface area (Å²) in [6.07, 6.45) is 8.03. The summed E-state index contributed by atoms with van der Waals surface area (Å²) >= 11 is 0. The molecule has 0 aliphatic heterocycles. The maximum Gasteiger partial charge on any atom is 0.221 e. The van der Waals surface area contributed by atoms with Crippen molar-refractivity contribution in [3.63, 3.8) is 0 Å². The normalized spacial score (nSPS) is 13.9. The molecule has 25 heavy (non-hydrogen) atoms. The fourth-order valence-electron chi connectivity index (χ4n) is 3.73. The maximum atomic E-state index is 13.7. The molecule has 0 amide bonds. The van der Waals surface area contributed by atoms with Gasteiger partial charge in [-0.25, -0.2) is 0 Å². The minimum Gasteiger partial charge on any atom is -0.315 e. The largest absolute Gasteiger partial charge is 0.315 e. The molecule has 0 fully saturated rings. The van der Waals surface area contributed by atoms with Gasteiger partial charge in [-0.05, 0) is 44.2 Å². The SMILES string of the molecule is CCCCCCCCP(=O)(CC(C)C)C(=O)c1c(C)cc(C)cc1C. The molecule has 0 saturated heterocycles. The van der Waals surface area contributed by atoms with Crippen LogP contribution in [0.5, 0.6) is 0 Å². The molecule has 0 aliphatic rings. The molecular weight excluding hydrogens is 327 g/mol. The monoisotopic (exact) mass is 364 g/mol. The Hall–Kier alpha value is -0.880. The van der Waals surface area contributed by atoms with Crippen LogP contribution in [0.3, 0.4) is 0 Å². The summed E-state index contributed by atoms with van der Waals surface area (Å²) in [5.41, 5.74) is 3.72. The molecule has 0 spiro atoms. The number of unbranched alkanes of at least 4 members (excludes halogenated alkanes) is 5. The summed E-state index contributed by atoms with van der Waals surface area (Å²) in [6, 6.07) is 4.06. The fraction of sp³-hybridized carbons (Fsp3) is 0.682. The van der Waals surface area contributed by atoms with Crippen LogP contribution >= 0.6 is 7.14 Å². The Morgan fingerprint density at radius 3 is 2.00 bits per heavy atom. The third kappa shape index (κ3) is 6.74. The van der Waals surface area contributed by atoms with E-state index in [9.17, 15) is 9.36 Å². The molecule has 1 aromatic rings. The lowest BCUT2D eigenvalue weighted by molar-refractivity contribution is 0.107. The van der Waals surface area contributed by atoms with Crippen LogP contribution in [0.2, 0.25) is 0 Å². The molecule has 0 aromatic heterocycles. The quantitative estimate of drug-likeness (QED) is 0.309. The molecule has 2 nitrogen and oxygen atoms in total. The van der Waals surface area contributed by atoms with E-state index >= 15 is 0 Å². The molecule has 1 atom stereocenters. The number of hydrogen-bond acceptors (Lipinski definition) is 2. The molecule has 142 valence electrons. The van der Waals surface area contributed by atoms with E-state index in [1.807, 2.05) is 32.9 Å². The van der Waals surface area contributed by atoms with Gasteiger partial charge in [0, 0.05) is 17.9 Å². The first-order chi connectivity index (χ1) is 11.7. The van der Waals surface area contributed by atoms with Crippen molar-refractivity contribution in [2.45, 2.75) is 80.1 Å². The molecule has 3 heteroatoms. The van der Waals surface area contributed by atoms with E-state index in [-0.39, 0.29) is 11.4 Å². The van der Waals surface area contributed by atoms with E-state index in [0.29, 0.717) is 17.9 Å². The molecule has 0 saturated carbocycles. The van der Waals surface area contributed by atoms with Crippen molar-refractivity contribution in [1.29, 1.82) is 0 Å². The first-order valence-electron chi connectivity index (χ1n) is 9.92. The summed E-state index contributed by atoms with van der Waals surface area (Å²) in [5, 5.41) is 0. The van der Waals surface area contributed by atoms with Crippen molar-refractivity contribution in [2.75, 3.05) is 12.3 Å². The predicted molar refractivity (Wildman–Crippen MR) is 111 cm³/mol. The summed E-state index contributed by atoms with van der Waals surface area (Å²) < 4.78 is 13.7. The number of carbonyl (C=O) groups excluding carboxylic acids is 1. The summed E-state index contributed by atoms with van der Waals surface area (Å²) in [4.78, 5) is 13.3. The number of benzene rings is 1. The van der Waals surface area contributed by atoms with Crippen molar-refractivity contribution in [2.24, 2.45) is 5.92 Å². The van der Waals surface area contributed by atoms with Crippen molar-refractivity contribution in [1.82, 2.24) is 0 Å². The number of aryl methyl sites for hydroxylation is 3. The highest BCUT2D eigenvalue weighted by molar-refractivity contribution is 7.81. The van der Waals surface area contributed by atoms with Crippen LogP contribution in [-0.2, 0) is 4.57 Å². The van der Waals surface area contributed by atoms with Crippen molar-refractivity contribution < 1.29 is 9.36 Å². The average Bonchev–Trinajstić information content (AvgIpc) is 2.49. The lowest BCUT2D eigenvalue weighted by Gasteiger charge is -2.21. The molecular formula is C22H37O2P. The van der Waals surface area contributed by atoms with Gasteiger partial charge in [-0.2, -0.15) is 0 Å². The van der Waals surface area contributed by atoms with Crippen LogP contribution in [0.15, 0.2) is 12.1 Å². The van der Waals surface area contributed by atoms with Gasteiger partial charge in [0.15, 0.2) is 7.14 Å². The molecule has 1 aromatic carbocycles. The Morgan fingerprint density at radius 2 is 1.48 bits per heavy atom. The Labute approximate surface area is 155 Å². The second-order valence-electron chi connectivity index (χ2n) is 8.04. The highest BCUT2D eigenvalue weighted by Crippen LogP contribution is 2.52. The van der Waals surface area contributed by atoms with Gasteiger partial charge in [0.25, 0.3) is 0 Å². The van der Waals surface area contributed by atoms with E-state index in [2.05, 4.69) is 20.8 Å². The van der Waals surface area contributed by atoms with Gasteiger partial charge in [-0.3, -0.25) is 4.79 Å². The van der Waals surface area contributed by atoms with E-state index in [0.717, 1.165) is 29.5 Å². The first-order valence-corrected chi connectivity index (χ1v) is 12.0. The van der Waals surface area contributed by atoms with Gasteiger partial charge >= 0.3 is 0 Å². The number of rotatable bonds is 11. The van der Waals surface area contributed by atoms with Crippen LogP contribution in [0.1, 0.15) is 86.3 Å². The lowest BCUT2D eigenvalue weighted by Crippen LogP contribution is -2.14. The van der Waals surface area contributed by atoms with Crippen LogP contribution in [0.25, 0.3) is 0 Å². The molecule has 0 N–H and O–H groups in total. The number of hydrogen-bond donors (Lipinski definition) is 0. The zero-order valence-electron chi connectivity index (χ0n) is 17.2. The van der Waals surface area contributed by atoms with Gasteiger partial charge in [0.05, 0.1) is 0 Å². The predicted octanol–water partition coefficient (Wildman–Crippen LogP) is 7.13. The molecule has 0 radical (unpaired) electrons. The molecule has 0 bridgehead atoms. The van der Waals surface area contributed by atoms with Crippen LogP contribution in [0.4, 0.5) is 0 Å². The molecule has 1 unspecified atom stereocenters. The third-order valence-corrected chi connectivity index (χ3v) is 8.12. The van der Waals surface area contributed by atoms with E-state index < -0.39 is 7.14 Å². The molecule has 1 rings (SSSR count). The van der Waals surface area contributed by atoms with E-state index in [1.54, 1.807) is 0 Å². The molecule has 0 aliphatic carbocycles. The van der Waals surface area contributed by atoms with Gasteiger partial charge in [0.2, 0.25) is 5.52 Å². The fourth-order valence-corrected chi connectivity index (χ4v) is 6.96. The summed E-state index contributed by atoms with van der Waals surface area (Å²) in [5.74, 6) is 0.279. The van der Waals surface area contributed by atoms with Crippen LogP contribution in [0, 0.1) is 26.7 Å². The smallest absolute Gasteiger partial charge is 0.221 e. The van der Waals surface area contributed by atoms with Crippen molar-refractivity contribution >= 4 is 12.7 Å². The topological polar surface area (TPSA) is 34.1 Å². The lowest BCUT2D eigenvalue weighted by atomic mass is 10.0. The van der Waals surface area contributed by atoms with E-state index in [4.69, 9.17) is 0 Å². The molecule has 0 heterocycles. The zero-order valence-corrected chi connectivity index (χ0v) is 18.0. The minimum atomic E-state index is -2.85. The first kappa shape index (κ1) is 22.2. The van der Waals surface area contributed by atoms with Gasteiger partial charge < -0.3 is 4.57 Å². The second-order valence-corrected chi connectivity index (χ2v) is 11.0. The Balaban J connectivity index is 2.94. The third-order valence-electron chi connectivity index (χ3n) is 4.79. The van der Waals surface area contributed by atoms with Gasteiger partial charge in [-0.15, -0.1) is 0 Å². The van der Waals surface area contributed by atoms with Gasteiger partial charge in [0.1, 0.15) is 0 Å². The van der Waals surface area contributed by atoms with E-state index in [1.165, 1.54) is 25.7 Å². The Morgan fingerprint density at radius 1 is 0.960 bits per heavy atom. The minimum absolute atomic E-state index is 0.0789. The van der Waals surface area contributed by atoms with Crippen LogP contribution < -0.4 is 0 Å². The van der Waals surface area contributed by atoms with Crippen LogP contribution in [-0.4, -0.2) is 17.8 Å². The second kappa shape index (κ2) is 10.3. The summed E-state index contributed by atoms with van der Waals surface area (Å²) in [6.45, 7) is 12.3. The average molecular weight is 365 g/mol. The highest BCUT2D eigenvalue weighted by atomic mass is 31.2. The van der Waals surface area contributed by atoms with Crippen molar-refractivity contribution in [3.8, 4) is 0 Å². The number of carbonyl (C=O) groups is 1. The Bertz CT molecular complexity index is 593. The maximum absolute atomic E-state index is 13.7. The van der Waals surface area contributed by atoms with Gasteiger partial charge in [-0.1, -0.05) is 70.6 Å². The zero-order chi connectivity index (χ0) is 19.0. The summed E-state index contributed by atoms with van der Waals surface area (Å²) in [7, 11) is -2.85. The highest BCUT2D eigenvalue weighted by Gasteiger charge is 2.34. The van der Waals surface area contributed by atoms with Crippen molar-refractivity contribution in [3.05, 3.63) is 34.4 Å².